The molecule has 0 unspecified atom stereocenters. The van der Waals surface area contributed by atoms with Crippen molar-refractivity contribution in [3.05, 3.63) is 35.9 Å². The average molecular weight is 234 g/mol. The highest BCUT2D eigenvalue weighted by Gasteiger charge is 2.20. The van der Waals surface area contributed by atoms with Gasteiger partial charge in [-0.3, -0.25) is 9.69 Å². The van der Waals surface area contributed by atoms with Crippen molar-refractivity contribution in [3.63, 3.8) is 0 Å². The van der Waals surface area contributed by atoms with E-state index in [2.05, 4.69) is 29.4 Å². The number of carbonyl (C=O) groups is 1. The molecule has 0 bridgehead atoms. The Bertz CT molecular complexity index is 360. The van der Waals surface area contributed by atoms with Crippen molar-refractivity contribution in [2.45, 2.75) is 32.9 Å². The number of carbonyl (C=O) groups excluding carboxylic acids is 1. The first-order chi connectivity index (χ1) is 7.89. The van der Waals surface area contributed by atoms with Gasteiger partial charge in [0.05, 0.1) is 0 Å². The van der Waals surface area contributed by atoms with Gasteiger partial charge in [0.25, 0.3) is 0 Å². The van der Waals surface area contributed by atoms with Crippen LogP contribution < -0.4 is 5.32 Å². The molecule has 1 aromatic rings. The van der Waals surface area contributed by atoms with E-state index < -0.39 is 0 Å². The van der Waals surface area contributed by atoms with Crippen molar-refractivity contribution in [2.75, 3.05) is 13.6 Å². The summed E-state index contributed by atoms with van der Waals surface area (Å²) in [5.41, 5.74) is 1.09. The zero-order chi connectivity index (χ0) is 12.9. The molecule has 0 aromatic heterocycles. The normalized spacial score (nSPS) is 11.6. The summed E-state index contributed by atoms with van der Waals surface area (Å²) in [5.74, 6) is 0.0168. The number of amides is 1. The molecule has 0 aliphatic carbocycles. The Morgan fingerprint density at radius 3 is 2.41 bits per heavy atom. The second kappa shape index (κ2) is 5.82. The van der Waals surface area contributed by atoms with Crippen LogP contribution in [0.25, 0.3) is 0 Å². The van der Waals surface area contributed by atoms with E-state index in [0.29, 0.717) is 0 Å². The molecule has 0 aliphatic heterocycles. The molecule has 0 saturated heterocycles. The van der Waals surface area contributed by atoms with Crippen LogP contribution in [0.15, 0.2) is 30.3 Å². The average Bonchev–Trinajstić information content (AvgIpc) is 2.15. The zero-order valence-corrected chi connectivity index (χ0v) is 11.2. The van der Waals surface area contributed by atoms with Crippen LogP contribution in [0.1, 0.15) is 26.3 Å². The van der Waals surface area contributed by atoms with E-state index in [1.54, 1.807) is 6.92 Å². The summed E-state index contributed by atoms with van der Waals surface area (Å²) in [6.45, 7) is 7.34. The molecule has 1 amide bonds. The summed E-state index contributed by atoms with van der Waals surface area (Å²) in [4.78, 5) is 13.3. The van der Waals surface area contributed by atoms with Gasteiger partial charge >= 0.3 is 0 Å². The third-order valence-electron chi connectivity index (χ3n) is 2.47. The number of benzene rings is 1. The van der Waals surface area contributed by atoms with Crippen LogP contribution in [0.3, 0.4) is 0 Å². The first kappa shape index (κ1) is 13.7. The van der Waals surface area contributed by atoms with Gasteiger partial charge < -0.3 is 5.32 Å². The highest BCUT2D eigenvalue weighted by Crippen LogP contribution is 2.08. The number of hydrogen-bond donors (Lipinski definition) is 1. The Morgan fingerprint density at radius 1 is 1.29 bits per heavy atom. The van der Waals surface area contributed by atoms with Gasteiger partial charge in [-0.15, -0.1) is 0 Å². The summed E-state index contributed by atoms with van der Waals surface area (Å²) in [6.07, 6.45) is 0. The largest absolute Gasteiger partial charge is 0.350 e. The van der Waals surface area contributed by atoms with Crippen molar-refractivity contribution < 1.29 is 4.79 Å². The fourth-order valence-electron chi connectivity index (χ4n) is 2.14. The molecule has 0 saturated carbocycles. The van der Waals surface area contributed by atoms with E-state index in [1.165, 1.54) is 5.56 Å². The molecule has 17 heavy (non-hydrogen) atoms. The van der Waals surface area contributed by atoms with E-state index in [0.717, 1.165) is 13.1 Å². The summed E-state index contributed by atoms with van der Waals surface area (Å²) in [7, 11) is 2.07. The van der Waals surface area contributed by atoms with Crippen LogP contribution in [0.2, 0.25) is 0 Å². The first-order valence-electron chi connectivity index (χ1n) is 5.90. The highest BCUT2D eigenvalue weighted by atomic mass is 16.1. The number of rotatable bonds is 5. The van der Waals surface area contributed by atoms with Gasteiger partial charge in [-0.25, -0.2) is 0 Å². The fourth-order valence-corrected chi connectivity index (χ4v) is 2.14. The van der Waals surface area contributed by atoms with E-state index in [-0.39, 0.29) is 11.4 Å². The molecule has 0 aliphatic rings. The lowest BCUT2D eigenvalue weighted by Gasteiger charge is -2.31. The standard InChI is InChI=1S/C14H22N2O/c1-12(17)15-14(2,3)11-16(4)10-13-8-6-5-7-9-13/h5-9H,10-11H2,1-4H3,(H,15,17). The predicted octanol–water partition coefficient (Wildman–Crippen LogP) is 2.03. The number of hydrogen-bond acceptors (Lipinski definition) is 2. The van der Waals surface area contributed by atoms with Crippen LogP contribution in [0.5, 0.6) is 0 Å². The van der Waals surface area contributed by atoms with Crippen molar-refractivity contribution in [2.24, 2.45) is 0 Å². The van der Waals surface area contributed by atoms with Gasteiger partial charge in [0.2, 0.25) is 5.91 Å². The molecule has 1 N–H and O–H groups in total. The lowest BCUT2D eigenvalue weighted by molar-refractivity contribution is -0.120. The van der Waals surface area contributed by atoms with Gasteiger partial charge in [-0.05, 0) is 26.5 Å². The molecule has 1 aromatic carbocycles. The zero-order valence-electron chi connectivity index (χ0n) is 11.2. The maximum atomic E-state index is 11.1. The van der Waals surface area contributed by atoms with Gasteiger partial charge in [-0.1, -0.05) is 30.3 Å². The molecule has 0 spiro atoms. The number of nitrogens with zero attached hydrogens (tertiary/aromatic N) is 1. The Morgan fingerprint density at radius 2 is 1.88 bits per heavy atom. The molecular formula is C14H22N2O. The van der Waals surface area contributed by atoms with Crippen LogP contribution in [-0.2, 0) is 11.3 Å². The third-order valence-corrected chi connectivity index (χ3v) is 2.47. The quantitative estimate of drug-likeness (QED) is 0.845. The number of likely N-dealkylation sites (N-methyl/N-ethyl adjacent to an activating group) is 1. The maximum Gasteiger partial charge on any atom is 0.217 e. The van der Waals surface area contributed by atoms with Gasteiger partial charge in [0, 0.05) is 25.6 Å². The minimum absolute atomic E-state index is 0.0168. The van der Waals surface area contributed by atoms with Crippen LogP contribution in [-0.4, -0.2) is 29.9 Å². The minimum atomic E-state index is -0.199. The molecule has 94 valence electrons. The Labute approximate surface area is 104 Å². The summed E-state index contributed by atoms with van der Waals surface area (Å²) >= 11 is 0. The molecule has 1 rings (SSSR count). The van der Waals surface area contributed by atoms with Crippen molar-refractivity contribution >= 4 is 5.91 Å². The monoisotopic (exact) mass is 234 g/mol. The fraction of sp³-hybridized carbons (Fsp3) is 0.500. The van der Waals surface area contributed by atoms with Crippen molar-refractivity contribution in [1.82, 2.24) is 10.2 Å². The molecule has 0 fully saturated rings. The maximum absolute atomic E-state index is 11.1. The van der Waals surface area contributed by atoms with Gasteiger partial charge in [0.15, 0.2) is 0 Å². The second-order valence-corrected chi connectivity index (χ2v) is 5.22. The van der Waals surface area contributed by atoms with Crippen molar-refractivity contribution in [1.29, 1.82) is 0 Å². The summed E-state index contributed by atoms with van der Waals surface area (Å²) < 4.78 is 0. The molecule has 3 nitrogen and oxygen atoms in total. The van der Waals surface area contributed by atoms with E-state index in [9.17, 15) is 4.79 Å². The van der Waals surface area contributed by atoms with Crippen LogP contribution in [0, 0.1) is 0 Å². The first-order valence-corrected chi connectivity index (χ1v) is 5.90. The summed E-state index contributed by atoms with van der Waals surface area (Å²) in [5, 5.41) is 2.96. The molecule has 0 heterocycles. The Hall–Kier alpha value is -1.35. The van der Waals surface area contributed by atoms with E-state index in [1.807, 2.05) is 32.0 Å². The lowest BCUT2D eigenvalue weighted by atomic mass is 10.0. The van der Waals surface area contributed by atoms with Crippen LogP contribution in [0.4, 0.5) is 0 Å². The molecule has 3 heteroatoms. The topological polar surface area (TPSA) is 32.3 Å². The minimum Gasteiger partial charge on any atom is -0.350 e. The highest BCUT2D eigenvalue weighted by molar-refractivity contribution is 5.73. The Kier molecular flexibility index (Phi) is 4.70. The SMILES string of the molecule is CC(=O)NC(C)(C)CN(C)Cc1ccccc1. The Balaban J connectivity index is 2.49. The molecule has 0 atom stereocenters. The van der Waals surface area contributed by atoms with E-state index >= 15 is 0 Å². The lowest BCUT2D eigenvalue weighted by Crippen LogP contribution is -2.49. The van der Waals surface area contributed by atoms with Crippen molar-refractivity contribution in [3.8, 4) is 0 Å². The van der Waals surface area contributed by atoms with Gasteiger partial charge in [0.1, 0.15) is 0 Å². The summed E-state index contributed by atoms with van der Waals surface area (Å²) in [6, 6.07) is 10.3. The number of nitrogens with one attached hydrogen (secondary N) is 1. The van der Waals surface area contributed by atoms with E-state index in [4.69, 9.17) is 0 Å². The van der Waals surface area contributed by atoms with Crippen LogP contribution >= 0.6 is 0 Å². The molecular weight excluding hydrogens is 212 g/mol. The smallest absolute Gasteiger partial charge is 0.217 e. The second-order valence-electron chi connectivity index (χ2n) is 5.22. The predicted molar refractivity (Wildman–Crippen MR) is 70.7 cm³/mol. The van der Waals surface area contributed by atoms with Gasteiger partial charge in [-0.2, -0.15) is 0 Å². The molecule has 0 radical (unpaired) electrons. The third kappa shape index (κ3) is 5.50.